The fraction of sp³-hybridized carbons (Fsp3) is 0.500. The molecule has 0 saturated heterocycles. The van der Waals surface area contributed by atoms with Gasteiger partial charge in [-0.15, -0.1) is 0 Å². The predicted octanol–water partition coefficient (Wildman–Crippen LogP) is 9.69. The Morgan fingerprint density at radius 1 is 0.830 bits per heavy atom. The van der Waals surface area contributed by atoms with Crippen LogP contribution < -0.4 is 4.74 Å². The fourth-order valence-electron chi connectivity index (χ4n) is 6.61. The smallest absolute Gasteiger partial charge is 0.333 e. The lowest BCUT2D eigenvalue weighted by molar-refractivity contribution is -0.139. The number of ether oxygens (including phenoxy) is 2. The summed E-state index contributed by atoms with van der Waals surface area (Å²) in [5.74, 6) is 1.95. The molecule has 0 aliphatic heterocycles. The van der Waals surface area contributed by atoms with Crippen molar-refractivity contribution in [3.05, 3.63) is 90.0 Å². The number of hydrogen-bond acceptors (Lipinski definition) is 5. The normalized spacial score (nSPS) is 16.5. The minimum atomic E-state index is -0.700. The molecule has 5 heteroatoms. The van der Waals surface area contributed by atoms with E-state index in [1.807, 2.05) is 19.1 Å². The summed E-state index contributed by atoms with van der Waals surface area (Å²) in [4.78, 5) is 11.8. The topological polar surface area (TPSA) is 76.0 Å². The summed E-state index contributed by atoms with van der Waals surface area (Å²) in [6.45, 7) is 9.71. The van der Waals surface area contributed by atoms with Crippen LogP contribution in [0.1, 0.15) is 102 Å². The molecule has 254 valence electrons. The van der Waals surface area contributed by atoms with Gasteiger partial charge in [-0.3, -0.25) is 0 Å². The number of aryl methyl sites for hydroxylation is 1. The Hall–Kier alpha value is -3.41. The molecule has 0 unspecified atom stereocenters. The fourth-order valence-corrected chi connectivity index (χ4v) is 6.61. The predicted molar refractivity (Wildman–Crippen MR) is 193 cm³/mol. The molecule has 0 heterocycles. The monoisotopic (exact) mass is 640 g/mol. The quantitative estimate of drug-likeness (QED) is 0.0823. The summed E-state index contributed by atoms with van der Waals surface area (Å²) in [6, 6.07) is 24.1. The van der Waals surface area contributed by atoms with Gasteiger partial charge < -0.3 is 19.7 Å². The van der Waals surface area contributed by atoms with Crippen molar-refractivity contribution >= 4 is 5.97 Å². The number of esters is 1. The third-order valence-corrected chi connectivity index (χ3v) is 10.2. The first-order valence-electron chi connectivity index (χ1n) is 17.8. The zero-order valence-electron chi connectivity index (χ0n) is 28.9. The number of unbranched alkanes of at least 4 members (excludes halogenated alkanes) is 2. The van der Waals surface area contributed by atoms with Gasteiger partial charge in [0.25, 0.3) is 0 Å². The summed E-state index contributed by atoms with van der Waals surface area (Å²) in [6.07, 6.45) is 12.8. The van der Waals surface area contributed by atoms with Crippen LogP contribution in [0.5, 0.6) is 5.75 Å². The van der Waals surface area contributed by atoms with Gasteiger partial charge in [0.1, 0.15) is 5.75 Å². The molecule has 0 atom stereocenters. The lowest BCUT2D eigenvalue weighted by Crippen LogP contribution is -2.35. The van der Waals surface area contributed by atoms with Crippen molar-refractivity contribution in [3.63, 3.8) is 0 Å². The van der Waals surface area contributed by atoms with Crippen molar-refractivity contribution in [2.45, 2.75) is 97.3 Å². The molecule has 0 aromatic heterocycles. The highest BCUT2D eigenvalue weighted by Gasteiger charge is 2.28. The van der Waals surface area contributed by atoms with Crippen molar-refractivity contribution < 1.29 is 24.5 Å². The first-order chi connectivity index (χ1) is 22.8. The Labute approximate surface area is 283 Å². The number of hydrogen-bond donors (Lipinski definition) is 2. The van der Waals surface area contributed by atoms with Gasteiger partial charge in [0.05, 0.1) is 31.8 Å². The Balaban J connectivity index is 1.43. The van der Waals surface area contributed by atoms with E-state index in [1.54, 1.807) is 6.92 Å². The van der Waals surface area contributed by atoms with Crippen LogP contribution in [0.15, 0.2) is 78.9 Å². The van der Waals surface area contributed by atoms with E-state index in [4.69, 9.17) is 9.47 Å². The summed E-state index contributed by atoms with van der Waals surface area (Å²) in [5, 5.41) is 19.8. The van der Waals surface area contributed by atoms with E-state index in [2.05, 4.69) is 68.1 Å². The SMILES string of the molecule is C=C(C)C(=O)OCCCc1cc(-c2ccc(-c3ccc(C4CCC(CCCCC)CC4)cc3)cc2)ccc1OCC(CC)(CO)CO. The Morgan fingerprint density at radius 3 is 2.00 bits per heavy atom. The van der Waals surface area contributed by atoms with E-state index < -0.39 is 5.41 Å². The molecule has 47 heavy (non-hydrogen) atoms. The minimum Gasteiger partial charge on any atom is -0.493 e. The van der Waals surface area contributed by atoms with E-state index >= 15 is 0 Å². The lowest BCUT2D eigenvalue weighted by Gasteiger charge is -2.29. The second-order valence-electron chi connectivity index (χ2n) is 13.7. The Bertz CT molecular complexity index is 1390. The van der Waals surface area contributed by atoms with E-state index in [-0.39, 0.29) is 32.4 Å². The first-order valence-corrected chi connectivity index (χ1v) is 17.8. The summed E-state index contributed by atoms with van der Waals surface area (Å²) >= 11 is 0. The maximum absolute atomic E-state index is 11.8. The van der Waals surface area contributed by atoms with Gasteiger partial charge in [-0.1, -0.05) is 101 Å². The minimum absolute atomic E-state index is 0.153. The van der Waals surface area contributed by atoms with Gasteiger partial charge >= 0.3 is 5.97 Å². The molecule has 5 nitrogen and oxygen atoms in total. The van der Waals surface area contributed by atoms with Gasteiger partial charge in [-0.05, 0) is 109 Å². The molecule has 0 spiro atoms. The molecule has 1 fully saturated rings. The number of benzene rings is 3. The summed E-state index contributed by atoms with van der Waals surface area (Å²) in [7, 11) is 0. The number of carbonyl (C=O) groups excluding carboxylic acids is 1. The maximum atomic E-state index is 11.8. The van der Waals surface area contributed by atoms with Crippen LogP contribution in [-0.2, 0) is 16.0 Å². The molecule has 4 rings (SSSR count). The van der Waals surface area contributed by atoms with Crippen molar-refractivity contribution in [1.82, 2.24) is 0 Å². The van der Waals surface area contributed by atoms with Crippen LogP contribution >= 0.6 is 0 Å². The molecule has 3 aromatic rings. The molecule has 0 bridgehead atoms. The number of rotatable bonds is 18. The Kier molecular flexibility index (Phi) is 14.1. The molecule has 1 saturated carbocycles. The average Bonchev–Trinajstić information content (AvgIpc) is 3.11. The second kappa shape index (κ2) is 18.2. The maximum Gasteiger partial charge on any atom is 0.333 e. The van der Waals surface area contributed by atoms with E-state index in [0.717, 1.165) is 22.6 Å². The van der Waals surface area contributed by atoms with Crippen molar-refractivity contribution in [3.8, 4) is 28.0 Å². The second-order valence-corrected chi connectivity index (χ2v) is 13.7. The highest BCUT2D eigenvalue weighted by Crippen LogP contribution is 2.38. The van der Waals surface area contributed by atoms with Crippen LogP contribution in [0, 0.1) is 11.3 Å². The molecule has 1 aliphatic rings. The molecule has 0 amide bonds. The summed E-state index contributed by atoms with van der Waals surface area (Å²) < 4.78 is 11.5. The number of aliphatic hydroxyl groups excluding tert-OH is 2. The van der Waals surface area contributed by atoms with Crippen LogP contribution in [0.25, 0.3) is 22.3 Å². The molecule has 2 N–H and O–H groups in total. The molecule has 0 radical (unpaired) electrons. The summed E-state index contributed by atoms with van der Waals surface area (Å²) in [5.41, 5.74) is 6.77. The highest BCUT2D eigenvalue weighted by molar-refractivity contribution is 5.86. The van der Waals surface area contributed by atoms with E-state index in [1.165, 1.54) is 68.1 Å². The number of carbonyl (C=O) groups is 1. The van der Waals surface area contributed by atoms with Gasteiger partial charge in [0.2, 0.25) is 0 Å². The van der Waals surface area contributed by atoms with E-state index in [9.17, 15) is 15.0 Å². The largest absolute Gasteiger partial charge is 0.493 e. The zero-order valence-corrected chi connectivity index (χ0v) is 28.9. The van der Waals surface area contributed by atoms with Gasteiger partial charge in [-0.25, -0.2) is 4.79 Å². The van der Waals surface area contributed by atoms with Gasteiger partial charge in [0, 0.05) is 5.57 Å². The standard InChI is InChI=1S/C42H56O5/c1-5-7-8-10-32-12-14-33(15-13-32)34-16-18-35(19-17-34)36-20-22-37(23-21-36)38-24-25-40(47-30-42(6-2,28-43)29-44)39(27-38)11-9-26-46-41(45)31(3)4/h16-25,27,32-33,43-44H,3,5-15,26,28-30H2,1-2,4H3. The Morgan fingerprint density at radius 2 is 1.43 bits per heavy atom. The molecule has 1 aliphatic carbocycles. The first kappa shape index (κ1) is 36.4. The molecule has 3 aromatic carbocycles. The molecular weight excluding hydrogens is 584 g/mol. The third kappa shape index (κ3) is 10.3. The average molecular weight is 641 g/mol. The van der Waals surface area contributed by atoms with Crippen molar-refractivity contribution in [2.75, 3.05) is 26.4 Å². The van der Waals surface area contributed by atoms with Crippen molar-refractivity contribution in [1.29, 1.82) is 0 Å². The number of aliphatic hydroxyl groups is 2. The third-order valence-electron chi connectivity index (χ3n) is 10.2. The van der Waals surface area contributed by atoms with Crippen LogP contribution in [0.2, 0.25) is 0 Å². The highest BCUT2D eigenvalue weighted by atomic mass is 16.5. The lowest BCUT2D eigenvalue weighted by atomic mass is 9.77. The molecular formula is C42H56O5. The van der Waals surface area contributed by atoms with Crippen LogP contribution in [0.3, 0.4) is 0 Å². The van der Waals surface area contributed by atoms with Gasteiger partial charge in [-0.2, -0.15) is 0 Å². The zero-order chi connectivity index (χ0) is 33.6. The van der Waals surface area contributed by atoms with Crippen LogP contribution in [-0.4, -0.2) is 42.6 Å². The van der Waals surface area contributed by atoms with E-state index in [0.29, 0.717) is 36.5 Å². The van der Waals surface area contributed by atoms with Crippen molar-refractivity contribution in [2.24, 2.45) is 11.3 Å². The van der Waals surface area contributed by atoms with Gasteiger partial charge in [0.15, 0.2) is 0 Å². The van der Waals surface area contributed by atoms with Crippen LogP contribution in [0.4, 0.5) is 0 Å².